The summed E-state index contributed by atoms with van der Waals surface area (Å²) in [5, 5.41) is 12.4. The molecule has 0 saturated carbocycles. The van der Waals surface area contributed by atoms with Gasteiger partial charge in [-0.05, 0) is 24.3 Å². The summed E-state index contributed by atoms with van der Waals surface area (Å²) < 4.78 is 0. The molecule has 1 amide bonds. The molecule has 3 N–H and O–H groups in total. The molecule has 0 aliphatic heterocycles. The Kier molecular flexibility index (Phi) is 3.60. The standard InChI is InChI=1S/C15H13N5O/c21-13(11-7-3-1-4-8-11)17-15-18-14(19-20-15)16-12-9-5-2-6-10-12/h1-10H,(H3,16,17,18,19,20,21). The third kappa shape index (κ3) is 3.24. The second-order valence-corrected chi connectivity index (χ2v) is 4.32. The van der Waals surface area contributed by atoms with Crippen LogP contribution in [0.25, 0.3) is 0 Å². The van der Waals surface area contributed by atoms with Crippen LogP contribution in [0.2, 0.25) is 0 Å². The van der Waals surface area contributed by atoms with Gasteiger partial charge in [-0.15, -0.1) is 5.10 Å². The van der Waals surface area contributed by atoms with Crippen LogP contribution in [0.4, 0.5) is 17.6 Å². The molecule has 2 aromatic carbocycles. The van der Waals surface area contributed by atoms with Crippen molar-refractivity contribution in [3.63, 3.8) is 0 Å². The molecule has 0 aliphatic carbocycles. The van der Waals surface area contributed by atoms with E-state index in [0.717, 1.165) is 5.69 Å². The van der Waals surface area contributed by atoms with Crippen LogP contribution in [0.15, 0.2) is 60.7 Å². The van der Waals surface area contributed by atoms with Crippen molar-refractivity contribution in [1.82, 2.24) is 15.2 Å². The van der Waals surface area contributed by atoms with Gasteiger partial charge in [0.05, 0.1) is 0 Å². The molecule has 0 unspecified atom stereocenters. The first-order valence-electron chi connectivity index (χ1n) is 6.42. The SMILES string of the molecule is O=C(Nc1n[nH]c(Nc2ccccc2)n1)c1ccccc1. The lowest BCUT2D eigenvalue weighted by Gasteiger charge is -2.01. The molecule has 0 bridgehead atoms. The van der Waals surface area contributed by atoms with E-state index in [2.05, 4.69) is 25.8 Å². The van der Waals surface area contributed by atoms with Crippen LogP contribution < -0.4 is 10.6 Å². The Morgan fingerprint density at radius 1 is 0.952 bits per heavy atom. The summed E-state index contributed by atoms with van der Waals surface area (Å²) in [6, 6.07) is 18.5. The fourth-order valence-electron chi connectivity index (χ4n) is 1.80. The first-order valence-corrected chi connectivity index (χ1v) is 6.42. The number of para-hydroxylation sites is 1. The Hall–Kier alpha value is -3.15. The molecule has 104 valence electrons. The quantitative estimate of drug-likeness (QED) is 0.685. The van der Waals surface area contributed by atoms with Crippen molar-refractivity contribution in [2.45, 2.75) is 0 Å². The molecule has 21 heavy (non-hydrogen) atoms. The number of carbonyl (C=O) groups is 1. The van der Waals surface area contributed by atoms with Crippen LogP contribution in [-0.4, -0.2) is 21.1 Å². The second kappa shape index (κ2) is 5.87. The Morgan fingerprint density at radius 2 is 1.62 bits per heavy atom. The van der Waals surface area contributed by atoms with E-state index in [1.165, 1.54) is 0 Å². The molecule has 0 fully saturated rings. The summed E-state index contributed by atoms with van der Waals surface area (Å²) >= 11 is 0. The fourth-order valence-corrected chi connectivity index (χ4v) is 1.80. The van der Waals surface area contributed by atoms with Crippen LogP contribution >= 0.6 is 0 Å². The van der Waals surface area contributed by atoms with Crippen molar-refractivity contribution in [3.8, 4) is 0 Å². The normalized spacial score (nSPS) is 10.1. The Bertz CT molecular complexity index is 724. The van der Waals surface area contributed by atoms with Crippen molar-refractivity contribution in [1.29, 1.82) is 0 Å². The van der Waals surface area contributed by atoms with Gasteiger partial charge >= 0.3 is 0 Å². The zero-order valence-electron chi connectivity index (χ0n) is 11.1. The van der Waals surface area contributed by atoms with Gasteiger partial charge in [0, 0.05) is 11.3 Å². The summed E-state index contributed by atoms with van der Waals surface area (Å²) in [6.45, 7) is 0. The number of anilines is 3. The largest absolute Gasteiger partial charge is 0.325 e. The van der Waals surface area contributed by atoms with Gasteiger partial charge in [-0.2, -0.15) is 4.98 Å². The van der Waals surface area contributed by atoms with Crippen molar-refractivity contribution in [2.24, 2.45) is 0 Å². The summed E-state index contributed by atoms with van der Waals surface area (Å²) in [7, 11) is 0. The lowest BCUT2D eigenvalue weighted by molar-refractivity contribution is 0.102. The first kappa shape index (κ1) is 12.9. The number of amides is 1. The van der Waals surface area contributed by atoms with Gasteiger partial charge in [0.15, 0.2) is 0 Å². The molecular weight excluding hydrogens is 266 g/mol. The van der Waals surface area contributed by atoms with Crippen LogP contribution in [-0.2, 0) is 0 Å². The van der Waals surface area contributed by atoms with E-state index in [9.17, 15) is 4.79 Å². The van der Waals surface area contributed by atoms with Crippen LogP contribution in [0.3, 0.4) is 0 Å². The molecule has 0 atom stereocenters. The third-order valence-electron chi connectivity index (χ3n) is 2.78. The van der Waals surface area contributed by atoms with Gasteiger partial charge in [0.2, 0.25) is 5.95 Å². The molecule has 6 heteroatoms. The molecule has 3 aromatic rings. The number of benzene rings is 2. The number of aromatic amines is 1. The van der Waals surface area contributed by atoms with E-state index in [-0.39, 0.29) is 11.9 Å². The van der Waals surface area contributed by atoms with Crippen molar-refractivity contribution < 1.29 is 4.79 Å². The van der Waals surface area contributed by atoms with E-state index >= 15 is 0 Å². The number of hydrogen-bond donors (Lipinski definition) is 3. The van der Waals surface area contributed by atoms with E-state index in [0.29, 0.717) is 11.5 Å². The molecule has 0 aliphatic rings. The highest BCUT2D eigenvalue weighted by atomic mass is 16.1. The van der Waals surface area contributed by atoms with Gasteiger partial charge in [-0.25, -0.2) is 5.10 Å². The molecule has 0 saturated heterocycles. The highest BCUT2D eigenvalue weighted by Gasteiger charge is 2.09. The number of rotatable bonds is 4. The molecule has 3 rings (SSSR count). The van der Waals surface area contributed by atoms with Gasteiger partial charge < -0.3 is 5.32 Å². The molecule has 0 radical (unpaired) electrons. The molecule has 1 aromatic heterocycles. The maximum Gasteiger partial charge on any atom is 0.258 e. The lowest BCUT2D eigenvalue weighted by atomic mass is 10.2. The highest BCUT2D eigenvalue weighted by Crippen LogP contribution is 2.13. The minimum absolute atomic E-state index is 0.224. The monoisotopic (exact) mass is 279 g/mol. The van der Waals surface area contributed by atoms with E-state index in [1.807, 2.05) is 36.4 Å². The minimum atomic E-state index is -0.249. The minimum Gasteiger partial charge on any atom is -0.325 e. The zero-order valence-corrected chi connectivity index (χ0v) is 11.1. The second-order valence-electron chi connectivity index (χ2n) is 4.32. The van der Waals surface area contributed by atoms with Crippen molar-refractivity contribution in [2.75, 3.05) is 10.6 Å². The van der Waals surface area contributed by atoms with Gasteiger partial charge in [0.25, 0.3) is 11.9 Å². The average molecular weight is 279 g/mol. The number of carbonyl (C=O) groups excluding carboxylic acids is 1. The number of aromatic nitrogens is 3. The van der Waals surface area contributed by atoms with E-state index in [4.69, 9.17) is 0 Å². The predicted octanol–water partition coefficient (Wildman–Crippen LogP) is 2.80. The number of nitrogens with zero attached hydrogens (tertiary/aromatic N) is 2. The number of hydrogen-bond acceptors (Lipinski definition) is 4. The predicted molar refractivity (Wildman–Crippen MR) is 80.5 cm³/mol. The summed E-state index contributed by atoms with van der Waals surface area (Å²) in [5.74, 6) is 0.438. The highest BCUT2D eigenvalue weighted by molar-refractivity contribution is 6.03. The Morgan fingerprint density at radius 3 is 2.33 bits per heavy atom. The molecular formula is C15H13N5O. The number of H-pyrrole nitrogens is 1. The third-order valence-corrected chi connectivity index (χ3v) is 2.78. The Balaban J connectivity index is 1.67. The fraction of sp³-hybridized carbons (Fsp3) is 0. The van der Waals surface area contributed by atoms with Crippen LogP contribution in [0, 0.1) is 0 Å². The topological polar surface area (TPSA) is 82.7 Å². The van der Waals surface area contributed by atoms with Gasteiger partial charge in [-0.3, -0.25) is 10.1 Å². The van der Waals surface area contributed by atoms with E-state index in [1.54, 1.807) is 24.3 Å². The van der Waals surface area contributed by atoms with E-state index < -0.39 is 0 Å². The summed E-state index contributed by atoms with van der Waals surface area (Å²) in [5.41, 5.74) is 1.44. The molecule has 0 spiro atoms. The summed E-state index contributed by atoms with van der Waals surface area (Å²) in [6.07, 6.45) is 0. The maximum atomic E-state index is 12.0. The average Bonchev–Trinajstić information content (AvgIpc) is 2.96. The van der Waals surface area contributed by atoms with Gasteiger partial charge in [0.1, 0.15) is 0 Å². The lowest BCUT2D eigenvalue weighted by Crippen LogP contribution is -2.12. The first-order chi connectivity index (χ1) is 10.3. The molecule has 6 nitrogen and oxygen atoms in total. The Labute approximate surface area is 121 Å². The smallest absolute Gasteiger partial charge is 0.258 e. The van der Waals surface area contributed by atoms with Crippen LogP contribution in [0.1, 0.15) is 10.4 Å². The maximum absolute atomic E-state index is 12.0. The summed E-state index contributed by atoms with van der Waals surface area (Å²) in [4.78, 5) is 16.1. The van der Waals surface area contributed by atoms with Crippen LogP contribution in [0.5, 0.6) is 0 Å². The number of nitrogens with one attached hydrogen (secondary N) is 3. The zero-order chi connectivity index (χ0) is 14.5. The molecule has 1 heterocycles. The van der Waals surface area contributed by atoms with Crippen molar-refractivity contribution >= 4 is 23.5 Å². The van der Waals surface area contributed by atoms with Crippen molar-refractivity contribution in [3.05, 3.63) is 66.2 Å². The van der Waals surface area contributed by atoms with Gasteiger partial charge in [-0.1, -0.05) is 36.4 Å².